The highest BCUT2D eigenvalue weighted by Gasteiger charge is 2.48. The minimum absolute atomic E-state index is 0.00281. The summed E-state index contributed by atoms with van der Waals surface area (Å²) in [5.74, 6) is -4.73. The van der Waals surface area contributed by atoms with Crippen LogP contribution in [0.15, 0.2) is 121 Å². The largest absolute Gasteiger partial charge is 0.463 e. The fourth-order valence-corrected chi connectivity index (χ4v) is 14.6. The number of methoxy groups -OCH3 is 2. The molecule has 4 unspecified atom stereocenters. The van der Waals surface area contributed by atoms with E-state index in [1.807, 2.05) is 128 Å². The van der Waals surface area contributed by atoms with Crippen LogP contribution in [0.2, 0.25) is 0 Å². The van der Waals surface area contributed by atoms with Crippen LogP contribution in [0, 0.1) is 0 Å². The molecule has 4 heterocycles. The summed E-state index contributed by atoms with van der Waals surface area (Å²) in [4.78, 5) is 129. The van der Waals surface area contributed by atoms with Crippen molar-refractivity contribution in [3.05, 3.63) is 166 Å². The SMILES string of the molecule is CCOCCC(C(=O)N(CCC(=O)OCC1CO1)COC)N1C(=O)c2cc(Oc3cccc(C(C)C)c3)c3c4c(Oc5cccc(C(C)C)c5)cc5c6c(cc(Oc7cccc(C(C)C)c7)c(c7c(Oc8cccc(C(C)C)c8)cc(c2c37)C1=O)c64)C(=O)N(C(CCOCC)C(=O)N(CCC(=O)OCC1CO1)COC)C5=O. The van der Waals surface area contributed by atoms with Gasteiger partial charge in [-0.05, 0) is 133 Å². The fourth-order valence-electron chi connectivity index (χ4n) is 14.6. The molecule has 588 valence electrons. The van der Waals surface area contributed by atoms with Gasteiger partial charge in [0, 0.05) is 110 Å². The molecule has 9 aromatic carbocycles. The van der Waals surface area contributed by atoms with Gasteiger partial charge in [-0.2, -0.15) is 0 Å². The summed E-state index contributed by atoms with van der Waals surface area (Å²) in [6.07, 6.45) is -1.31. The Morgan fingerprint density at radius 1 is 0.420 bits per heavy atom. The van der Waals surface area contributed by atoms with Gasteiger partial charge >= 0.3 is 11.9 Å². The average molecular weight is 1530 g/mol. The van der Waals surface area contributed by atoms with Crippen LogP contribution in [-0.4, -0.2) is 185 Å². The van der Waals surface area contributed by atoms with Gasteiger partial charge in [-0.25, -0.2) is 0 Å². The Kier molecular flexibility index (Phi) is 24.5. The molecule has 0 bridgehead atoms. The van der Waals surface area contributed by atoms with Crippen molar-refractivity contribution >= 4 is 90.5 Å². The van der Waals surface area contributed by atoms with E-state index in [0.29, 0.717) is 36.2 Å². The van der Waals surface area contributed by atoms with Crippen LogP contribution in [0.5, 0.6) is 46.0 Å². The molecule has 0 radical (unpaired) electrons. The van der Waals surface area contributed by atoms with Crippen molar-refractivity contribution in [2.45, 2.75) is 143 Å². The molecule has 9 aromatic rings. The molecule has 4 atom stereocenters. The first-order valence-corrected chi connectivity index (χ1v) is 38.5. The van der Waals surface area contributed by atoms with Crippen LogP contribution in [0.25, 0.3) is 43.1 Å². The summed E-state index contributed by atoms with van der Waals surface area (Å²) in [5, 5.41) is 1.64. The number of benzene rings is 9. The number of hydrogen-bond acceptors (Lipinski definition) is 20. The van der Waals surface area contributed by atoms with E-state index in [-0.39, 0.29) is 216 Å². The minimum atomic E-state index is -1.57. The number of hydrogen-bond donors (Lipinski definition) is 0. The first-order valence-electron chi connectivity index (χ1n) is 38.5. The first-order chi connectivity index (χ1) is 54.0. The first kappa shape index (κ1) is 79.5. The molecule has 24 nitrogen and oxygen atoms in total. The number of epoxide rings is 2. The predicted molar refractivity (Wildman–Crippen MR) is 419 cm³/mol. The minimum Gasteiger partial charge on any atom is -0.463 e. The zero-order chi connectivity index (χ0) is 79.3. The van der Waals surface area contributed by atoms with E-state index < -0.39 is 59.5 Å². The van der Waals surface area contributed by atoms with E-state index >= 15 is 28.8 Å². The van der Waals surface area contributed by atoms with Crippen LogP contribution in [0.1, 0.15) is 182 Å². The van der Waals surface area contributed by atoms with Crippen LogP contribution in [0.4, 0.5) is 0 Å². The number of carbonyl (C=O) groups is 8. The second-order valence-electron chi connectivity index (χ2n) is 29.8. The molecule has 0 saturated carbocycles. The number of nitrogens with zero attached hydrogens (tertiary/aromatic N) is 4. The maximum Gasteiger partial charge on any atom is 0.307 e. The van der Waals surface area contributed by atoms with E-state index in [9.17, 15) is 9.59 Å². The molecule has 2 fully saturated rings. The number of rotatable bonds is 38. The van der Waals surface area contributed by atoms with Crippen LogP contribution in [-0.2, 0) is 57.1 Å². The van der Waals surface area contributed by atoms with Gasteiger partial charge in [-0.1, -0.05) is 104 Å². The van der Waals surface area contributed by atoms with Gasteiger partial charge < -0.3 is 66.6 Å². The van der Waals surface area contributed by atoms with Gasteiger partial charge in [-0.15, -0.1) is 0 Å². The predicted octanol–water partition coefficient (Wildman–Crippen LogP) is 15.7. The van der Waals surface area contributed by atoms with Gasteiger partial charge in [-0.3, -0.25) is 48.2 Å². The maximum atomic E-state index is 16.7. The summed E-state index contributed by atoms with van der Waals surface area (Å²) in [6.45, 7) is 20.1. The molecule has 24 heteroatoms. The van der Waals surface area contributed by atoms with Crippen LogP contribution in [0.3, 0.4) is 0 Å². The Labute approximate surface area is 650 Å². The molecule has 0 N–H and O–H groups in total. The molecule has 0 aromatic heterocycles. The summed E-state index contributed by atoms with van der Waals surface area (Å²) in [5.41, 5.74) is 3.33. The Morgan fingerprint density at radius 3 is 0.955 bits per heavy atom. The van der Waals surface area contributed by atoms with Crippen molar-refractivity contribution in [2.75, 3.05) is 93.6 Å². The zero-order valence-corrected chi connectivity index (χ0v) is 65.4. The quantitative estimate of drug-likeness (QED) is 0.00662. The number of imide groups is 2. The highest BCUT2D eigenvalue weighted by atomic mass is 16.6. The molecule has 0 aliphatic carbocycles. The monoisotopic (exact) mass is 1530 g/mol. The van der Waals surface area contributed by atoms with E-state index in [0.717, 1.165) is 32.1 Å². The molecule has 4 aliphatic heterocycles. The van der Waals surface area contributed by atoms with Crippen molar-refractivity contribution in [3.8, 4) is 46.0 Å². The molecule has 13 rings (SSSR count). The van der Waals surface area contributed by atoms with E-state index in [2.05, 4.69) is 0 Å². The second-order valence-corrected chi connectivity index (χ2v) is 29.8. The van der Waals surface area contributed by atoms with E-state index in [1.54, 1.807) is 62.4 Å². The average Bonchev–Trinajstić information content (AvgIpc) is 0.711. The molecule has 2 saturated heterocycles. The van der Waals surface area contributed by atoms with Crippen molar-refractivity contribution < 1.29 is 95.2 Å². The number of esters is 2. The van der Waals surface area contributed by atoms with Crippen molar-refractivity contribution in [1.29, 1.82) is 0 Å². The second kappa shape index (κ2) is 34.6. The topological polar surface area (TPSA) is 267 Å². The third-order valence-corrected chi connectivity index (χ3v) is 20.7. The van der Waals surface area contributed by atoms with Gasteiger partial charge in [0.2, 0.25) is 11.8 Å². The van der Waals surface area contributed by atoms with Gasteiger partial charge in [0.15, 0.2) is 0 Å². The lowest BCUT2D eigenvalue weighted by atomic mass is 9.80. The molecule has 112 heavy (non-hydrogen) atoms. The van der Waals surface area contributed by atoms with Crippen molar-refractivity contribution in [1.82, 2.24) is 19.6 Å². The van der Waals surface area contributed by atoms with Crippen molar-refractivity contribution in [2.24, 2.45) is 0 Å². The molecule has 0 spiro atoms. The standard InChI is InChI=1S/C88H96N4O20/c1-13-103-33-29-67(87(99)89(47-101-11)31-27-73(93)107-45-61-43-105-61)91-83(95)63-39-69(109-57-23-15-19-53(35-57)49(3)4)77-79-71(111-59-25-17-21-55(37-59)51(7)8)41-65-76-66(86(98)92(85(65)97)68(30-34-104-14-2)88(100)90(48-102-12)32-28-74(94)108-46-62-44-106-62)42-72(112-60-26-18-22-56(38-60)52(9)10)80(82(76)79)78-70(40-64(84(91)96)75(63)81(77)78)110-58-24-16-20-54(36-58)50(5)6/h15-26,35-42,49-52,61-62,67-68H,13-14,27-34,43-48H2,1-12H3. The Morgan fingerprint density at radius 2 is 0.705 bits per heavy atom. The number of fused-ring (bicyclic) bond motifs is 2. The number of ether oxygens (including phenoxy) is 12. The third-order valence-electron chi connectivity index (χ3n) is 20.7. The van der Waals surface area contributed by atoms with Gasteiger partial charge in [0.25, 0.3) is 23.6 Å². The number of carbonyl (C=O) groups excluding carboxylic acids is 8. The lowest BCUT2D eigenvalue weighted by molar-refractivity contribution is -0.148. The summed E-state index contributed by atoms with van der Waals surface area (Å²) < 4.78 is 74.1. The Hall–Kier alpha value is -10.6. The highest BCUT2D eigenvalue weighted by molar-refractivity contribution is 6.45. The van der Waals surface area contributed by atoms with Crippen molar-refractivity contribution in [3.63, 3.8) is 0 Å². The normalized spacial score (nSPS) is 15.7. The van der Waals surface area contributed by atoms with Gasteiger partial charge in [0.1, 0.15) is 97.0 Å². The molecular weight excluding hydrogens is 1430 g/mol. The van der Waals surface area contributed by atoms with E-state index in [1.165, 1.54) is 24.0 Å². The van der Waals surface area contributed by atoms with Crippen LogP contribution < -0.4 is 18.9 Å². The number of amides is 6. The Balaban J connectivity index is 1.15. The lowest BCUT2D eigenvalue weighted by Crippen LogP contribution is -2.55. The highest BCUT2D eigenvalue weighted by Crippen LogP contribution is 2.58. The van der Waals surface area contributed by atoms with E-state index in [4.69, 9.17) is 56.8 Å². The van der Waals surface area contributed by atoms with Crippen LogP contribution >= 0.6 is 0 Å². The third kappa shape index (κ3) is 16.8. The Bertz CT molecular complexity index is 4530. The summed E-state index contributed by atoms with van der Waals surface area (Å²) >= 11 is 0. The lowest BCUT2D eigenvalue weighted by Gasteiger charge is -2.37. The summed E-state index contributed by atoms with van der Waals surface area (Å²) in [7, 11) is 2.77. The molecule has 6 amide bonds. The maximum absolute atomic E-state index is 16.7. The summed E-state index contributed by atoms with van der Waals surface area (Å²) in [6, 6.07) is 33.0. The van der Waals surface area contributed by atoms with Gasteiger partial charge in [0.05, 0.1) is 48.3 Å². The molecular formula is C88H96N4O20. The fraction of sp³-hybridized carbons (Fsp3) is 0.409. The zero-order valence-electron chi connectivity index (χ0n) is 65.4. The molecule has 4 aliphatic rings. The smallest absolute Gasteiger partial charge is 0.307 e.